The molecule has 0 saturated heterocycles. The van der Waals surface area contributed by atoms with E-state index in [-0.39, 0.29) is 16.6 Å². The third-order valence-electron chi connectivity index (χ3n) is 4.68. The number of carbonyl (C=O) groups excluding carboxylic acids is 1. The minimum absolute atomic E-state index is 0.00930. The van der Waals surface area contributed by atoms with E-state index in [1.165, 1.54) is 0 Å². The highest BCUT2D eigenvalue weighted by molar-refractivity contribution is 7.65. The Labute approximate surface area is 155 Å². The molecule has 25 heavy (non-hydrogen) atoms. The molecule has 0 aliphatic carbocycles. The Kier molecular flexibility index (Phi) is 8.00. The Morgan fingerprint density at radius 2 is 1.64 bits per heavy atom. The molecule has 0 fully saturated rings. The maximum Gasteiger partial charge on any atom is 0.242 e. The standard InChI is InChI=1S/C22H36O2P/c1-9-10-19(13-16(3)14-22(6,7)8)25(24)21(23)20-17(4)11-15(2)12-18(20)5/h11-12,16,19H,9-10,13-14H2,1-8H3. The van der Waals surface area contributed by atoms with Crippen molar-refractivity contribution in [1.29, 1.82) is 0 Å². The molecule has 0 bridgehead atoms. The highest BCUT2D eigenvalue weighted by Crippen LogP contribution is 2.42. The Morgan fingerprint density at radius 3 is 2.08 bits per heavy atom. The van der Waals surface area contributed by atoms with E-state index in [0.29, 0.717) is 11.5 Å². The van der Waals surface area contributed by atoms with Gasteiger partial charge in [0.15, 0.2) is 0 Å². The summed E-state index contributed by atoms with van der Waals surface area (Å²) < 4.78 is 13.1. The molecule has 3 unspecified atom stereocenters. The maximum atomic E-state index is 13.1. The Hall–Kier alpha value is -1.01. The van der Waals surface area contributed by atoms with Crippen LogP contribution in [0.2, 0.25) is 0 Å². The molecular weight excluding hydrogens is 327 g/mol. The largest absolute Gasteiger partial charge is 0.281 e. The fourth-order valence-electron chi connectivity index (χ4n) is 4.05. The van der Waals surface area contributed by atoms with E-state index in [1.54, 1.807) is 0 Å². The van der Waals surface area contributed by atoms with Gasteiger partial charge in [-0.3, -0.25) is 9.36 Å². The molecule has 0 aliphatic heterocycles. The number of benzene rings is 1. The number of rotatable bonds is 8. The van der Waals surface area contributed by atoms with E-state index in [0.717, 1.165) is 42.4 Å². The fraction of sp³-hybridized carbons (Fsp3) is 0.682. The molecule has 2 nitrogen and oxygen atoms in total. The summed E-state index contributed by atoms with van der Waals surface area (Å²) in [6.45, 7) is 17.0. The van der Waals surface area contributed by atoms with Gasteiger partial charge in [0.2, 0.25) is 5.52 Å². The third-order valence-corrected chi connectivity index (χ3v) is 6.44. The second kappa shape index (κ2) is 9.08. The van der Waals surface area contributed by atoms with Gasteiger partial charge in [-0.15, -0.1) is 0 Å². The lowest BCUT2D eigenvalue weighted by atomic mass is 9.83. The van der Waals surface area contributed by atoms with Crippen molar-refractivity contribution in [2.75, 3.05) is 0 Å². The minimum atomic E-state index is -1.89. The molecule has 0 aromatic heterocycles. The number of hydrogen-bond acceptors (Lipinski definition) is 2. The lowest BCUT2D eigenvalue weighted by Crippen LogP contribution is -2.17. The summed E-state index contributed by atoms with van der Waals surface area (Å²) in [5.74, 6) is 0.475. The average molecular weight is 364 g/mol. The van der Waals surface area contributed by atoms with Gasteiger partial charge in [0.25, 0.3) is 0 Å². The summed E-state index contributed by atoms with van der Waals surface area (Å²) in [6.07, 6.45) is 3.79. The first-order valence-corrected chi connectivity index (χ1v) is 10.9. The first-order chi connectivity index (χ1) is 11.5. The Balaban J connectivity index is 3.01. The lowest BCUT2D eigenvalue weighted by molar-refractivity contribution is 0.107. The maximum absolute atomic E-state index is 13.1. The molecule has 0 amide bonds. The van der Waals surface area contributed by atoms with Crippen LogP contribution in [0.5, 0.6) is 0 Å². The van der Waals surface area contributed by atoms with Crippen LogP contribution in [0.1, 0.15) is 87.4 Å². The summed E-state index contributed by atoms with van der Waals surface area (Å²) in [5.41, 5.74) is 3.82. The fourth-order valence-corrected chi connectivity index (χ4v) is 6.00. The molecule has 0 aliphatic rings. The number of aryl methyl sites for hydroxylation is 3. The van der Waals surface area contributed by atoms with Crippen molar-refractivity contribution in [3.8, 4) is 0 Å². The molecule has 0 saturated carbocycles. The van der Waals surface area contributed by atoms with Crippen molar-refractivity contribution in [2.45, 2.75) is 86.7 Å². The quantitative estimate of drug-likeness (QED) is 0.457. The Morgan fingerprint density at radius 1 is 1.12 bits per heavy atom. The van der Waals surface area contributed by atoms with Gasteiger partial charge in [-0.05, 0) is 62.5 Å². The predicted octanol–water partition coefficient (Wildman–Crippen LogP) is 7.21. The lowest BCUT2D eigenvalue weighted by Gasteiger charge is -2.26. The molecule has 0 spiro atoms. The SMILES string of the molecule is CCCC(CC(C)CC(C)(C)C)[P](=O)C(=O)c1c(C)cc(C)cc1C. The molecule has 3 heteroatoms. The highest BCUT2D eigenvalue weighted by atomic mass is 31.1. The van der Waals surface area contributed by atoms with E-state index in [4.69, 9.17) is 0 Å². The van der Waals surface area contributed by atoms with E-state index >= 15 is 0 Å². The molecule has 1 aromatic rings. The smallest absolute Gasteiger partial charge is 0.242 e. The van der Waals surface area contributed by atoms with Crippen LogP contribution in [0.25, 0.3) is 0 Å². The predicted molar refractivity (Wildman–Crippen MR) is 109 cm³/mol. The number of hydrogen-bond donors (Lipinski definition) is 0. The second-order valence-corrected chi connectivity index (χ2v) is 10.7. The third kappa shape index (κ3) is 6.66. The van der Waals surface area contributed by atoms with E-state index in [9.17, 15) is 9.36 Å². The molecule has 1 radical (unpaired) electrons. The van der Waals surface area contributed by atoms with E-state index in [1.807, 2.05) is 32.9 Å². The van der Waals surface area contributed by atoms with Crippen LogP contribution in [-0.2, 0) is 4.57 Å². The first-order valence-electron chi connectivity index (χ1n) is 9.54. The molecule has 1 aromatic carbocycles. The van der Waals surface area contributed by atoms with Crippen molar-refractivity contribution in [2.24, 2.45) is 11.3 Å². The summed E-state index contributed by atoms with van der Waals surface area (Å²) in [4.78, 5) is 13.0. The van der Waals surface area contributed by atoms with Crippen molar-refractivity contribution in [3.63, 3.8) is 0 Å². The molecule has 0 N–H and O–H groups in total. The van der Waals surface area contributed by atoms with Crippen LogP contribution in [-0.4, -0.2) is 11.2 Å². The van der Waals surface area contributed by atoms with E-state index < -0.39 is 7.80 Å². The monoisotopic (exact) mass is 363 g/mol. The highest BCUT2D eigenvalue weighted by Gasteiger charge is 2.29. The van der Waals surface area contributed by atoms with Crippen LogP contribution < -0.4 is 0 Å². The van der Waals surface area contributed by atoms with Gasteiger partial charge >= 0.3 is 0 Å². The van der Waals surface area contributed by atoms with Crippen molar-refractivity contribution >= 4 is 13.3 Å². The van der Waals surface area contributed by atoms with Crippen LogP contribution in [0.3, 0.4) is 0 Å². The van der Waals surface area contributed by atoms with Crippen molar-refractivity contribution in [3.05, 3.63) is 34.4 Å². The zero-order chi connectivity index (χ0) is 19.4. The Bertz CT molecular complexity index is 602. The summed E-state index contributed by atoms with van der Waals surface area (Å²) in [6, 6.07) is 4.03. The van der Waals surface area contributed by atoms with Crippen molar-refractivity contribution in [1.82, 2.24) is 0 Å². The van der Waals surface area contributed by atoms with Gasteiger partial charge in [0.05, 0.1) is 0 Å². The molecule has 1 rings (SSSR count). The van der Waals surface area contributed by atoms with Crippen LogP contribution in [0.4, 0.5) is 0 Å². The van der Waals surface area contributed by atoms with Crippen LogP contribution in [0.15, 0.2) is 12.1 Å². The van der Waals surface area contributed by atoms with Gasteiger partial charge in [-0.2, -0.15) is 0 Å². The second-order valence-electron chi connectivity index (χ2n) is 8.95. The van der Waals surface area contributed by atoms with Crippen LogP contribution in [0, 0.1) is 32.1 Å². The van der Waals surface area contributed by atoms with Gasteiger partial charge in [-0.25, -0.2) is 0 Å². The molecule has 141 valence electrons. The van der Waals surface area contributed by atoms with Gasteiger partial charge in [0.1, 0.15) is 7.80 Å². The normalized spacial score (nSPS) is 15.0. The molecule has 3 atom stereocenters. The topological polar surface area (TPSA) is 34.1 Å². The van der Waals surface area contributed by atoms with Gasteiger partial charge in [0, 0.05) is 11.2 Å². The van der Waals surface area contributed by atoms with Crippen molar-refractivity contribution < 1.29 is 9.36 Å². The molecular formula is C22H36O2P. The van der Waals surface area contributed by atoms with Crippen LogP contribution >= 0.6 is 7.80 Å². The van der Waals surface area contributed by atoms with Gasteiger partial charge in [-0.1, -0.05) is 58.7 Å². The minimum Gasteiger partial charge on any atom is -0.281 e. The number of carbonyl (C=O) groups is 1. The average Bonchev–Trinajstić information content (AvgIpc) is 2.42. The summed E-state index contributed by atoms with van der Waals surface area (Å²) in [7, 11) is -1.89. The van der Waals surface area contributed by atoms with E-state index in [2.05, 4.69) is 34.6 Å². The molecule has 0 heterocycles. The van der Waals surface area contributed by atoms with Gasteiger partial charge < -0.3 is 0 Å². The summed E-state index contributed by atoms with van der Waals surface area (Å²) in [5, 5.41) is 0. The zero-order valence-corrected chi connectivity index (χ0v) is 18.3. The zero-order valence-electron chi connectivity index (χ0n) is 17.4. The first kappa shape index (κ1) is 22.0. The summed E-state index contributed by atoms with van der Waals surface area (Å²) >= 11 is 0.